The zero-order chi connectivity index (χ0) is 15.2. The maximum absolute atomic E-state index is 12.8. The number of carbonyl (C=O) groups excluding carboxylic acids is 1. The lowest BCUT2D eigenvalue weighted by atomic mass is 10.1. The van der Waals surface area contributed by atoms with Gasteiger partial charge in [0, 0.05) is 6.54 Å². The van der Waals surface area contributed by atoms with E-state index >= 15 is 0 Å². The number of amides is 1. The number of rotatable bonds is 5. The van der Waals surface area contributed by atoms with E-state index in [0.717, 1.165) is 6.07 Å². The molecule has 3 nitrogen and oxygen atoms in total. The number of benzene rings is 1. The van der Waals surface area contributed by atoms with Gasteiger partial charge < -0.3 is 10.6 Å². The van der Waals surface area contributed by atoms with Crippen molar-refractivity contribution in [2.24, 2.45) is 0 Å². The second-order valence-electron chi connectivity index (χ2n) is 4.18. The zero-order valence-electron chi connectivity index (χ0n) is 10.9. The maximum Gasteiger partial charge on any atom is 0.416 e. The van der Waals surface area contributed by atoms with E-state index in [-0.39, 0.29) is 24.6 Å². The van der Waals surface area contributed by atoms with E-state index in [9.17, 15) is 18.0 Å². The average Bonchev–Trinajstić information content (AvgIpc) is 2.41. The standard InChI is InChI=1S/C14H15F3N2O/c1-3-8-18-13(20)10(2)19-9-11-6-4-5-7-12(11)14(15,16)17/h1,4-7,10,19H,8-9H2,2H3,(H,18,20). The van der Waals surface area contributed by atoms with Crippen LogP contribution >= 0.6 is 0 Å². The average molecular weight is 284 g/mol. The van der Waals surface area contributed by atoms with E-state index in [1.165, 1.54) is 18.2 Å². The number of terminal acetylenes is 1. The van der Waals surface area contributed by atoms with Gasteiger partial charge in [0.15, 0.2) is 0 Å². The quantitative estimate of drug-likeness (QED) is 0.811. The normalized spacial score (nSPS) is 12.6. The Bertz CT molecular complexity index is 506. The summed E-state index contributed by atoms with van der Waals surface area (Å²) in [5.74, 6) is 1.89. The molecule has 0 aliphatic rings. The number of hydrogen-bond donors (Lipinski definition) is 2. The largest absolute Gasteiger partial charge is 0.416 e. The third kappa shape index (κ3) is 4.59. The lowest BCUT2D eigenvalue weighted by Crippen LogP contribution is -2.42. The smallest absolute Gasteiger partial charge is 0.344 e. The van der Waals surface area contributed by atoms with Crippen LogP contribution in [-0.4, -0.2) is 18.5 Å². The first-order valence-corrected chi connectivity index (χ1v) is 5.96. The van der Waals surface area contributed by atoms with Crippen LogP contribution in [0.25, 0.3) is 0 Å². The summed E-state index contributed by atoms with van der Waals surface area (Å²) in [5.41, 5.74) is -0.611. The van der Waals surface area contributed by atoms with Crippen LogP contribution in [0.5, 0.6) is 0 Å². The lowest BCUT2D eigenvalue weighted by Gasteiger charge is -2.16. The van der Waals surface area contributed by atoms with Crippen molar-refractivity contribution in [3.05, 3.63) is 35.4 Å². The zero-order valence-corrected chi connectivity index (χ0v) is 10.9. The van der Waals surface area contributed by atoms with Gasteiger partial charge in [-0.25, -0.2) is 0 Å². The first-order valence-electron chi connectivity index (χ1n) is 5.96. The van der Waals surface area contributed by atoms with Crippen LogP contribution in [-0.2, 0) is 17.5 Å². The summed E-state index contributed by atoms with van der Waals surface area (Å²) in [5, 5.41) is 5.19. The second-order valence-corrected chi connectivity index (χ2v) is 4.18. The number of nitrogens with one attached hydrogen (secondary N) is 2. The maximum atomic E-state index is 12.8. The first-order chi connectivity index (χ1) is 9.36. The van der Waals surface area contributed by atoms with Crippen molar-refractivity contribution >= 4 is 5.91 Å². The van der Waals surface area contributed by atoms with Crippen molar-refractivity contribution in [1.29, 1.82) is 0 Å². The van der Waals surface area contributed by atoms with Gasteiger partial charge in [-0.2, -0.15) is 13.2 Å². The molecule has 1 atom stereocenters. The molecule has 0 fully saturated rings. The molecule has 108 valence electrons. The first kappa shape index (κ1) is 16.1. The highest BCUT2D eigenvalue weighted by Gasteiger charge is 2.32. The third-order valence-electron chi connectivity index (χ3n) is 2.68. The molecule has 0 saturated heterocycles. The predicted octanol–water partition coefficient (Wildman–Crippen LogP) is 1.93. The molecule has 2 N–H and O–H groups in total. The molecule has 0 bridgehead atoms. The molecule has 0 aliphatic heterocycles. The number of carbonyl (C=O) groups is 1. The van der Waals surface area contributed by atoms with Crippen LogP contribution in [0, 0.1) is 12.3 Å². The molecule has 0 saturated carbocycles. The van der Waals surface area contributed by atoms with Crippen LogP contribution in [0.3, 0.4) is 0 Å². The summed E-state index contributed by atoms with van der Waals surface area (Å²) in [4.78, 5) is 11.5. The Hall–Kier alpha value is -2.00. The Morgan fingerprint density at radius 1 is 1.40 bits per heavy atom. The van der Waals surface area contributed by atoms with Gasteiger partial charge >= 0.3 is 6.18 Å². The molecule has 0 aliphatic carbocycles. The van der Waals surface area contributed by atoms with Gasteiger partial charge in [-0.05, 0) is 18.6 Å². The van der Waals surface area contributed by atoms with Crippen molar-refractivity contribution in [2.75, 3.05) is 6.54 Å². The van der Waals surface area contributed by atoms with Crippen LogP contribution in [0.4, 0.5) is 13.2 Å². The summed E-state index contributed by atoms with van der Waals surface area (Å²) < 4.78 is 38.3. The minimum atomic E-state index is -4.41. The van der Waals surface area contributed by atoms with E-state index in [1.54, 1.807) is 6.92 Å². The van der Waals surface area contributed by atoms with Crippen molar-refractivity contribution in [1.82, 2.24) is 10.6 Å². The predicted molar refractivity (Wildman–Crippen MR) is 69.6 cm³/mol. The SMILES string of the molecule is C#CCNC(=O)C(C)NCc1ccccc1C(F)(F)F. The molecule has 0 heterocycles. The molecule has 20 heavy (non-hydrogen) atoms. The van der Waals surface area contributed by atoms with E-state index in [1.807, 2.05) is 0 Å². The molecule has 1 aromatic rings. The highest BCUT2D eigenvalue weighted by atomic mass is 19.4. The molecule has 0 spiro atoms. The van der Waals surface area contributed by atoms with E-state index < -0.39 is 17.8 Å². The molecule has 1 amide bonds. The van der Waals surface area contributed by atoms with Gasteiger partial charge in [-0.1, -0.05) is 24.1 Å². The second kappa shape index (κ2) is 6.96. The fraction of sp³-hybridized carbons (Fsp3) is 0.357. The van der Waals surface area contributed by atoms with Gasteiger partial charge in [-0.15, -0.1) is 6.42 Å². The Labute approximate surface area is 115 Å². The van der Waals surface area contributed by atoms with Gasteiger partial charge in [0.2, 0.25) is 5.91 Å². The summed E-state index contributed by atoms with van der Waals surface area (Å²) in [6.45, 7) is 1.59. The van der Waals surface area contributed by atoms with Crippen LogP contribution < -0.4 is 10.6 Å². The van der Waals surface area contributed by atoms with E-state index in [0.29, 0.717) is 0 Å². The van der Waals surface area contributed by atoms with Gasteiger partial charge in [0.25, 0.3) is 0 Å². The third-order valence-corrected chi connectivity index (χ3v) is 2.68. The molecular formula is C14H15F3N2O. The Kier molecular flexibility index (Phi) is 5.59. The van der Waals surface area contributed by atoms with Gasteiger partial charge in [-0.3, -0.25) is 4.79 Å². The summed E-state index contributed by atoms with van der Waals surface area (Å²) in [6.07, 6.45) is 0.590. The van der Waals surface area contributed by atoms with E-state index in [4.69, 9.17) is 6.42 Å². The number of hydrogen-bond acceptors (Lipinski definition) is 2. The molecule has 1 unspecified atom stereocenters. The Morgan fingerprint density at radius 2 is 2.05 bits per heavy atom. The lowest BCUT2D eigenvalue weighted by molar-refractivity contribution is -0.138. The molecule has 0 aromatic heterocycles. The van der Waals surface area contributed by atoms with Gasteiger partial charge in [0.05, 0.1) is 18.2 Å². The summed E-state index contributed by atoms with van der Waals surface area (Å²) in [7, 11) is 0. The molecular weight excluding hydrogens is 269 g/mol. The van der Waals surface area contributed by atoms with Crippen molar-refractivity contribution in [3.63, 3.8) is 0 Å². The monoisotopic (exact) mass is 284 g/mol. The highest BCUT2D eigenvalue weighted by Crippen LogP contribution is 2.31. The summed E-state index contributed by atoms with van der Waals surface area (Å²) in [6, 6.07) is 4.61. The van der Waals surface area contributed by atoms with Crippen molar-refractivity contribution in [3.8, 4) is 12.3 Å². The Morgan fingerprint density at radius 3 is 2.65 bits per heavy atom. The van der Waals surface area contributed by atoms with Crippen molar-refractivity contribution in [2.45, 2.75) is 25.7 Å². The van der Waals surface area contributed by atoms with Crippen molar-refractivity contribution < 1.29 is 18.0 Å². The minimum Gasteiger partial charge on any atom is -0.344 e. The fourth-order valence-corrected chi connectivity index (χ4v) is 1.60. The van der Waals surface area contributed by atoms with Crippen LogP contribution in [0.1, 0.15) is 18.1 Å². The van der Waals surface area contributed by atoms with E-state index in [2.05, 4.69) is 16.6 Å². The highest BCUT2D eigenvalue weighted by molar-refractivity contribution is 5.81. The molecule has 0 radical (unpaired) electrons. The minimum absolute atomic E-state index is 0.0552. The summed E-state index contributed by atoms with van der Waals surface area (Å²) >= 11 is 0. The number of halogens is 3. The van der Waals surface area contributed by atoms with Gasteiger partial charge in [0.1, 0.15) is 0 Å². The number of alkyl halides is 3. The Balaban J connectivity index is 2.67. The van der Waals surface area contributed by atoms with Crippen LogP contribution in [0.15, 0.2) is 24.3 Å². The molecule has 6 heteroatoms. The fourth-order valence-electron chi connectivity index (χ4n) is 1.60. The molecule has 1 rings (SSSR count). The topological polar surface area (TPSA) is 41.1 Å². The molecule has 1 aromatic carbocycles. The van der Waals surface area contributed by atoms with Crippen LogP contribution in [0.2, 0.25) is 0 Å².